The number of nitrogens with zero attached hydrogens (tertiary/aromatic N) is 3. The van der Waals surface area contributed by atoms with Crippen molar-refractivity contribution in [3.05, 3.63) is 39.8 Å². The zero-order chi connectivity index (χ0) is 27.4. The Balaban J connectivity index is 1.80. The van der Waals surface area contributed by atoms with Gasteiger partial charge in [0.25, 0.3) is 5.91 Å². The van der Waals surface area contributed by atoms with Crippen LogP contribution in [0.1, 0.15) is 98.8 Å². The number of hydrogen-bond acceptors (Lipinski definition) is 4. The largest absolute Gasteiger partial charge is 0.434 e. The van der Waals surface area contributed by atoms with Gasteiger partial charge in [-0.15, -0.1) is 0 Å². The molecule has 2 heterocycles. The lowest BCUT2D eigenvalue weighted by atomic mass is 9.63. The maximum Gasteiger partial charge on any atom is 0.434 e. The van der Waals surface area contributed by atoms with E-state index in [1.165, 1.54) is 16.8 Å². The Morgan fingerprint density at radius 3 is 2.16 bits per heavy atom. The van der Waals surface area contributed by atoms with Gasteiger partial charge in [0, 0.05) is 16.6 Å². The first-order chi connectivity index (χ1) is 18.1. The smallest absolute Gasteiger partial charge is 0.364 e. The molecule has 0 aromatic carbocycles. The van der Waals surface area contributed by atoms with E-state index in [2.05, 4.69) is 31.3 Å². The van der Waals surface area contributed by atoms with E-state index in [1.54, 1.807) is 6.20 Å². The highest BCUT2D eigenvalue weighted by molar-refractivity contribution is 9.10. The van der Waals surface area contributed by atoms with E-state index < -0.39 is 29.6 Å². The molecule has 38 heavy (non-hydrogen) atoms. The molecule has 1 atom stereocenters. The number of anilines is 1. The summed E-state index contributed by atoms with van der Waals surface area (Å²) in [6.45, 7) is 2.23. The van der Waals surface area contributed by atoms with Crippen molar-refractivity contribution in [2.24, 2.45) is 23.5 Å². The van der Waals surface area contributed by atoms with E-state index in [-0.39, 0.29) is 33.7 Å². The Kier molecular flexibility index (Phi) is 9.15. The fourth-order valence-electron chi connectivity index (χ4n) is 6.54. The molecular weight excluding hydrogens is 563 g/mol. The van der Waals surface area contributed by atoms with Gasteiger partial charge in [0.15, 0.2) is 5.69 Å². The molecule has 2 aliphatic carbocycles. The van der Waals surface area contributed by atoms with Crippen LogP contribution < -0.4 is 11.1 Å². The van der Waals surface area contributed by atoms with E-state index in [4.69, 9.17) is 5.73 Å². The van der Waals surface area contributed by atoms with Gasteiger partial charge in [-0.2, -0.15) is 18.3 Å². The molecule has 1 unspecified atom stereocenters. The number of pyridine rings is 1. The average molecular weight is 599 g/mol. The lowest BCUT2D eigenvalue weighted by Crippen LogP contribution is -2.39. The third kappa shape index (κ3) is 6.24. The molecule has 2 aliphatic rings. The molecule has 4 rings (SSSR count). The molecule has 2 amide bonds. The highest BCUT2D eigenvalue weighted by Crippen LogP contribution is 2.48. The summed E-state index contributed by atoms with van der Waals surface area (Å²) in [4.78, 5) is 30.4. The lowest BCUT2D eigenvalue weighted by molar-refractivity contribution is -0.141. The Bertz CT molecular complexity index is 1120. The Labute approximate surface area is 229 Å². The normalized spacial score (nSPS) is 18.5. The van der Waals surface area contributed by atoms with E-state index in [0.29, 0.717) is 12.1 Å². The van der Waals surface area contributed by atoms with E-state index in [0.717, 1.165) is 64.2 Å². The SMILES string of the molecule is CCn1ncc(C(C(=O)Nc2ccc(Br)c(C(F)(F)F)n2)C(C2CCCCC2)C2CCCCC2)c1C(N)=O. The molecule has 7 nitrogen and oxygen atoms in total. The molecule has 2 aromatic heterocycles. The molecule has 2 saturated carbocycles. The molecule has 2 fully saturated rings. The first-order valence-electron chi connectivity index (χ1n) is 13.5. The fraction of sp³-hybridized carbons (Fsp3) is 0.630. The Hall–Kier alpha value is -2.43. The molecule has 0 bridgehead atoms. The summed E-state index contributed by atoms with van der Waals surface area (Å²) >= 11 is 2.90. The summed E-state index contributed by atoms with van der Waals surface area (Å²) in [5.41, 5.74) is 5.32. The average Bonchev–Trinajstić information content (AvgIpc) is 3.32. The number of aryl methyl sites for hydroxylation is 1. The van der Waals surface area contributed by atoms with Crippen LogP contribution in [0.3, 0.4) is 0 Å². The van der Waals surface area contributed by atoms with E-state index >= 15 is 0 Å². The molecule has 0 saturated heterocycles. The van der Waals surface area contributed by atoms with Crippen LogP contribution in [0, 0.1) is 17.8 Å². The van der Waals surface area contributed by atoms with E-state index in [1.807, 2.05) is 6.92 Å². The van der Waals surface area contributed by atoms with Crippen LogP contribution in [0.5, 0.6) is 0 Å². The van der Waals surface area contributed by atoms with Gasteiger partial charge in [-0.3, -0.25) is 14.3 Å². The van der Waals surface area contributed by atoms with Crippen LogP contribution in [0.4, 0.5) is 19.0 Å². The molecule has 2 aromatic rings. The number of carbonyl (C=O) groups excluding carboxylic acids is 2. The number of carbonyl (C=O) groups is 2. The van der Waals surface area contributed by atoms with Crippen molar-refractivity contribution in [3.63, 3.8) is 0 Å². The summed E-state index contributed by atoms with van der Waals surface area (Å²) in [5, 5.41) is 7.03. The van der Waals surface area contributed by atoms with Crippen LogP contribution in [0.25, 0.3) is 0 Å². The summed E-state index contributed by atoms with van der Waals surface area (Å²) < 4.78 is 41.8. The number of alkyl halides is 3. The quantitative estimate of drug-likeness (QED) is 0.354. The highest BCUT2D eigenvalue weighted by Gasteiger charge is 2.43. The molecule has 0 radical (unpaired) electrons. The Morgan fingerprint density at radius 2 is 1.66 bits per heavy atom. The number of nitrogens with one attached hydrogen (secondary N) is 1. The number of halogens is 4. The lowest BCUT2D eigenvalue weighted by Gasteiger charge is -2.41. The zero-order valence-electron chi connectivity index (χ0n) is 21.6. The van der Waals surface area contributed by atoms with Crippen molar-refractivity contribution < 1.29 is 22.8 Å². The molecule has 0 spiro atoms. The van der Waals surface area contributed by atoms with Gasteiger partial charge >= 0.3 is 6.18 Å². The monoisotopic (exact) mass is 597 g/mol. The number of rotatable bonds is 8. The van der Waals surface area contributed by atoms with Crippen LogP contribution in [0.15, 0.2) is 22.8 Å². The summed E-state index contributed by atoms with van der Waals surface area (Å²) in [6.07, 6.45) is 7.36. The number of primary amides is 1. The second-order valence-electron chi connectivity index (χ2n) is 10.5. The second-order valence-corrected chi connectivity index (χ2v) is 11.3. The van der Waals surface area contributed by atoms with Crippen molar-refractivity contribution >= 4 is 33.6 Å². The summed E-state index contributed by atoms with van der Waals surface area (Å²) in [7, 11) is 0. The van der Waals surface area contributed by atoms with Crippen molar-refractivity contribution in [2.45, 2.75) is 89.8 Å². The van der Waals surface area contributed by atoms with E-state index in [9.17, 15) is 22.8 Å². The fourth-order valence-corrected chi connectivity index (χ4v) is 6.99. The summed E-state index contributed by atoms with van der Waals surface area (Å²) in [5.74, 6) is -1.69. The van der Waals surface area contributed by atoms with Crippen LogP contribution in [-0.4, -0.2) is 26.6 Å². The number of hydrogen-bond donors (Lipinski definition) is 2. The van der Waals surface area contributed by atoms with Crippen LogP contribution >= 0.6 is 15.9 Å². The first kappa shape index (κ1) is 28.6. The molecular formula is C27H35BrF3N5O2. The van der Waals surface area contributed by atoms with Crippen LogP contribution in [0.2, 0.25) is 0 Å². The maximum absolute atomic E-state index is 14.1. The number of nitrogens with two attached hydrogens (primary N) is 1. The number of amides is 2. The van der Waals surface area contributed by atoms with Crippen molar-refractivity contribution in [2.75, 3.05) is 5.32 Å². The van der Waals surface area contributed by atoms with Gasteiger partial charge < -0.3 is 11.1 Å². The van der Waals surface area contributed by atoms with Gasteiger partial charge in [0.2, 0.25) is 5.91 Å². The van der Waals surface area contributed by atoms with Crippen molar-refractivity contribution in [3.8, 4) is 0 Å². The highest BCUT2D eigenvalue weighted by atomic mass is 79.9. The molecule has 208 valence electrons. The summed E-state index contributed by atoms with van der Waals surface area (Å²) in [6, 6.07) is 2.57. The van der Waals surface area contributed by atoms with Crippen molar-refractivity contribution in [1.29, 1.82) is 0 Å². The minimum Gasteiger partial charge on any atom is -0.364 e. The minimum atomic E-state index is -4.69. The first-order valence-corrected chi connectivity index (χ1v) is 14.3. The third-order valence-electron chi connectivity index (χ3n) is 8.16. The topological polar surface area (TPSA) is 103 Å². The molecule has 0 aliphatic heterocycles. The Morgan fingerprint density at radius 1 is 1.08 bits per heavy atom. The van der Waals surface area contributed by atoms with Gasteiger partial charge in [-0.05, 0) is 52.7 Å². The minimum absolute atomic E-state index is 0.0826. The molecule has 11 heteroatoms. The molecule has 3 N–H and O–H groups in total. The predicted molar refractivity (Wildman–Crippen MR) is 141 cm³/mol. The maximum atomic E-state index is 14.1. The van der Waals surface area contributed by atoms with Crippen molar-refractivity contribution in [1.82, 2.24) is 14.8 Å². The zero-order valence-corrected chi connectivity index (χ0v) is 23.2. The van der Waals surface area contributed by atoms with Gasteiger partial charge in [-0.25, -0.2) is 4.98 Å². The van der Waals surface area contributed by atoms with Crippen LogP contribution in [-0.2, 0) is 17.5 Å². The van der Waals surface area contributed by atoms with Gasteiger partial charge in [0.05, 0.1) is 12.1 Å². The third-order valence-corrected chi connectivity index (χ3v) is 8.80. The standard InChI is InChI=1S/C27H35BrF3N5O2/c1-2-36-23(25(32)37)18(15-33-36)22(21(16-9-5-3-6-10-16)17-11-7-4-8-12-17)26(38)35-20-14-13-19(28)24(34-20)27(29,30)31/h13-17,21-22H,2-12H2,1H3,(H2,32,37)(H,34,35,38). The second kappa shape index (κ2) is 12.2. The number of aromatic nitrogens is 3. The predicted octanol–water partition coefficient (Wildman–Crippen LogP) is 6.68. The van der Waals surface area contributed by atoms with Gasteiger partial charge in [-0.1, -0.05) is 64.2 Å². The van der Waals surface area contributed by atoms with Gasteiger partial charge in [0.1, 0.15) is 11.5 Å².